The molecule has 0 saturated heterocycles. The lowest BCUT2D eigenvalue weighted by molar-refractivity contribution is -0.121. The SMILES string of the molecule is CC(=O)C(C)(C)NC(=O)N(N)CCN(C)CCCCS. The molecule has 0 aliphatic rings. The van der Waals surface area contributed by atoms with Crippen LogP contribution in [0.25, 0.3) is 0 Å². The van der Waals surface area contributed by atoms with Gasteiger partial charge in [-0.25, -0.2) is 10.6 Å². The summed E-state index contributed by atoms with van der Waals surface area (Å²) in [5.41, 5.74) is -0.896. The Kier molecular flexibility index (Phi) is 8.84. The maximum atomic E-state index is 11.8. The zero-order chi connectivity index (χ0) is 15.8. The minimum Gasteiger partial charge on any atom is -0.325 e. The standard InChI is InChI=1S/C13H28N4O2S/c1-11(18)13(2,3)15-12(19)17(14)9-8-16(4)7-5-6-10-20/h20H,5-10,14H2,1-4H3,(H,15,19). The molecular weight excluding hydrogens is 276 g/mol. The molecule has 6 nitrogen and oxygen atoms in total. The van der Waals surface area contributed by atoms with Crippen LogP contribution < -0.4 is 11.2 Å². The zero-order valence-corrected chi connectivity index (χ0v) is 13.9. The minimum atomic E-state index is -0.896. The number of hydrogen-bond acceptors (Lipinski definition) is 5. The second-order valence-corrected chi connectivity index (χ2v) is 5.99. The van der Waals surface area contributed by atoms with Gasteiger partial charge in [-0.15, -0.1) is 0 Å². The number of nitrogens with zero attached hydrogens (tertiary/aromatic N) is 2. The van der Waals surface area contributed by atoms with Gasteiger partial charge in [0.15, 0.2) is 5.78 Å². The Balaban J connectivity index is 4.05. The van der Waals surface area contributed by atoms with Crippen molar-refractivity contribution in [2.45, 2.75) is 39.2 Å². The van der Waals surface area contributed by atoms with Crippen molar-refractivity contribution in [3.05, 3.63) is 0 Å². The van der Waals surface area contributed by atoms with E-state index in [1.165, 1.54) is 6.92 Å². The fraction of sp³-hybridized carbons (Fsp3) is 0.846. The Bertz CT molecular complexity index is 323. The van der Waals surface area contributed by atoms with Gasteiger partial charge in [-0.1, -0.05) is 0 Å². The van der Waals surface area contributed by atoms with E-state index in [1.807, 2.05) is 7.05 Å². The third-order valence-electron chi connectivity index (χ3n) is 3.23. The zero-order valence-electron chi connectivity index (χ0n) is 13.0. The van der Waals surface area contributed by atoms with Crippen LogP contribution in [0.1, 0.15) is 33.6 Å². The second kappa shape index (κ2) is 9.20. The summed E-state index contributed by atoms with van der Waals surface area (Å²) < 4.78 is 0. The maximum Gasteiger partial charge on any atom is 0.332 e. The second-order valence-electron chi connectivity index (χ2n) is 5.54. The number of thiol groups is 1. The van der Waals surface area contributed by atoms with Gasteiger partial charge in [-0.05, 0) is 53.0 Å². The van der Waals surface area contributed by atoms with Gasteiger partial charge < -0.3 is 10.2 Å². The predicted octanol–water partition coefficient (Wildman–Crippen LogP) is 0.881. The molecule has 0 fully saturated rings. The van der Waals surface area contributed by atoms with Crippen molar-refractivity contribution in [2.75, 3.05) is 32.4 Å². The number of likely N-dealkylation sites (N-methyl/N-ethyl adjacent to an activating group) is 1. The molecule has 0 aliphatic heterocycles. The number of hydrogen-bond donors (Lipinski definition) is 3. The van der Waals surface area contributed by atoms with Gasteiger partial charge in [-0.2, -0.15) is 12.6 Å². The van der Waals surface area contributed by atoms with Crippen LogP contribution >= 0.6 is 12.6 Å². The van der Waals surface area contributed by atoms with Crippen LogP contribution in [-0.2, 0) is 4.79 Å². The molecule has 118 valence electrons. The molecule has 2 amide bonds. The number of nitrogens with one attached hydrogen (secondary N) is 1. The van der Waals surface area contributed by atoms with E-state index in [2.05, 4.69) is 22.8 Å². The van der Waals surface area contributed by atoms with Crippen molar-refractivity contribution in [3.63, 3.8) is 0 Å². The van der Waals surface area contributed by atoms with Crippen molar-refractivity contribution < 1.29 is 9.59 Å². The smallest absolute Gasteiger partial charge is 0.325 e. The van der Waals surface area contributed by atoms with E-state index in [0.29, 0.717) is 13.1 Å². The predicted molar refractivity (Wildman–Crippen MR) is 84.8 cm³/mol. The average molecular weight is 304 g/mol. The normalized spacial score (nSPS) is 11.6. The number of unbranched alkanes of at least 4 members (excludes halogenated alkanes) is 1. The van der Waals surface area contributed by atoms with E-state index >= 15 is 0 Å². The van der Waals surface area contributed by atoms with E-state index < -0.39 is 11.6 Å². The molecule has 3 N–H and O–H groups in total. The van der Waals surface area contributed by atoms with Crippen LogP contribution in [0.3, 0.4) is 0 Å². The molecule has 0 aliphatic carbocycles. The molecule has 0 aromatic heterocycles. The summed E-state index contributed by atoms with van der Waals surface area (Å²) in [5.74, 6) is 6.48. The lowest BCUT2D eigenvalue weighted by Gasteiger charge is -2.27. The van der Waals surface area contributed by atoms with E-state index in [-0.39, 0.29) is 5.78 Å². The first-order valence-electron chi connectivity index (χ1n) is 6.85. The number of carbonyl (C=O) groups excluding carboxylic acids is 2. The number of ketones is 1. The van der Waals surface area contributed by atoms with Crippen molar-refractivity contribution in [3.8, 4) is 0 Å². The lowest BCUT2D eigenvalue weighted by atomic mass is 10.0. The number of nitrogens with two attached hydrogens (primary N) is 1. The third-order valence-corrected chi connectivity index (χ3v) is 3.55. The highest BCUT2D eigenvalue weighted by atomic mass is 32.1. The van der Waals surface area contributed by atoms with E-state index in [4.69, 9.17) is 5.84 Å². The van der Waals surface area contributed by atoms with Gasteiger partial charge in [0.05, 0.1) is 12.1 Å². The average Bonchev–Trinajstić information content (AvgIpc) is 2.35. The molecule has 0 atom stereocenters. The fourth-order valence-electron chi connectivity index (χ4n) is 1.41. The molecule has 0 saturated carbocycles. The van der Waals surface area contributed by atoms with Crippen LogP contribution in [0.5, 0.6) is 0 Å². The molecule has 0 heterocycles. The Morgan fingerprint density at radius 1 is 1.20 bits per heavy atom. The number of hydrazine groups is 1. The highest BCUT2D eigenvalue weighted by molar-refractivity contribution is 7.80. The Labute approximate surface area is 127 Å². The van der Waals surface area contributed by atoms with Crippen LogP contribution in [-0.4, -0.2) is 59.7 Å². The van der Waals surface area contributed by atoms with Gasteiger partial charge in [0.1, 0.15) is 0 Å². The Hall–Kier alpha value is -0.790. The van der Waals surface area contributed by atoms with Crippen LogP contribution in [0.15, 0.2) is 0 Å². The van der Waals surface area contributed by atoms with Crippen LogP contribution in [0.4, 0.5) is 4.79 Å². The van der Waals surface area contributed by atoms with Gasteiger partial charge >= 0.3 is 6.03 Å². The molecule has 0 spiro atoms. The number of urea groups is 1. The lowest BCUT2D eigenvalue weighted by Crippen LogP contribution is -2.56. The van der Waals surface area contributed by atoms with Crippen molar-refractivity contribution in [1.29, 1.82) is 0 Å². The summed E-state index contributed by atoms with van der Waals surface area (Å²) in [6.45, 7) is 6.81. The largest absolute Gasteiger partial charge is 0.332 e. The maximum absolute atomic E-state index is 11.8. The van der Waals surface area contributed by atoms with Crippen LogP contribution in [0.2, 0.25) is 0 Å². The first-order chi connectivity index (χ1) is 9.20. The molecule has 0 radical (unpaired) electrons. The fourth-order valence-corrected chi connectivity index (χ4v) is 1.64. The number of rotatable bonds is 9. The Morgan fingerprint density at radius 2 is 1.80 bits per heavy atom. The van der Waals surface area contributed by atoms with E-state index in [1.54, 1.807) is 13.8 Å². The molecule has 20 heavy (non-hydrogen) atoms. The molecule has 0 aromatic carbocycles. The summed E-state index contributed by atoms with van der Waals surface area (Å²) in [5, 5.41) is 3.73. The first-order valence-corrected chi connectivity index (χ1v) is 7.48. The molecule has 7 heteroatoms. The summed E-state index contributed by atoms with van der Waals surface area (Å²) in [6, 6.07) is -0.436. The van der Waals surface area contributed by atoms with Crippen molar-refractivity contribution in [1.82, 2.24) is 15.2 Å². The van der Waals surface area contributed by atoms with E-state index in [9.17, 15) is 9.59 Å². The van der Waals surface area contributed by atoms with Gasteiger partial charge in [-0.3, -0.25) is 9.80 Å². The minimum absolute atomic E-state index is 0.108. The summed E-state index contributed by atoms with van der Waals surface area (Å²) in [6.07, 6.45) is 2.15. The van der Waals surface area contributed by atoms with Gasteiger partial charge in [0.25, 0.3) is 0 Å². The number of amides is 2. The summed E-state index contributed by atoms with van der Waals surface area (Å²) in [7, 11) is 1.99. The van der Waals surface area contributed by atoms with Gasteiger partial charge in [0.2, 0.25) is 0 Å². The highest BCUT2D eigenvalue weighted by Crippen LogP contribution is 2.03. The highest BCUT2D eigenvalue weighted by Gasteiger charge is 2.27. The number of Topliss-reactive ketones (excluding diaryl/α,β-unsaturated/α-hetero) is 1. The monoisotopic (exact) mass is 304 g/mol. The number of carbonyl (C=O) groups is 2. The van der Waals surface area contributed by atoms with Crippen molar-refractivity contribution in [2.24, 2.45) is 5.84 Å². The van der Waals surface area contributed by atoms with E-state index in [0.717, 1.165) is 30.1 Å². The van der Waals surface area contributed by atoms with Gasteiger partial charge in [0, 0.05) is 6.54 Å². The molecule has 0 aromatic rings. The first kappa shape index (κ1) is 19.2. The summed E-state index contributed by atoms with van der Waals surface area (Å²) in [4.78, 5) is 25.3. The molecule has 0 unspecified atom stereocenters. The molecule has 0 rings (SSSR count). The summed E-state index contributed by atoms with van der Waals surface area (Å²) >= 11 is 4.16. The van der Waals surface area contributed by atoms with Crippen LogP contribution in [0, 0.1) is 0 Å². The topological polar surface area (TPSA) is 78.7 Å². The molecule has 0 bridgehead atoms. The van der Waals surface area contributed by atoms with Crippen molar-refractivity contribution >= 4 is 24.4 Å². The Morgan fingerprint density at radius 3 is 2.30 bits per heavy atom. The molecular formula is C13H28N4O2S. The third kappa shape index (κ3) is 7.72. The quantitative estimate of drug-likeness (QED) is 0.194.